The van der Waals surface area contributed by atoms with E-state index in [2.05, 4.69) is 17.2 Å². The second kappa shape index (κ2) is 11.2. The molecule has 1 fully saturated rings. The van der Waals surface area contributed by atoms with Crippen molar-refractivity contribution in [3.05, 3.63) is 48.6 Å². The lowest BCUT2D eigenvalue weighted by Gasteiger charge is -2.30. The molecular formula is C23H31F2N3O4. The third-order valence-electron chi connectivity index (χ3n) is 5.60. The van der Waals surface area contributed by atoms with E-state index in [1.54, 1.807) is 37.3 Å². The van der Waals surface area contributed by atoms with E-state index in [1.807, 2.05) is 6.92 Å². The van der Waals surface area contributed by atoms with Crippen LogP contribution < -0.4 is 10.6 Å². The highest BCUT2D eigenvalue weighted by molar-refractivity contribution is 5.91. The Labute approximate surface area is 186 Å². The molecule has 2 rings (SSSR count). The summed E-state index contributed by atoms with van der Waals surface area (Å²) in [6, 6.07) is 6.43. The van der Waals surface area contributed by atoms with Crippen LogP contribution in [-0.4, -0.2) is 64.9 Å². The number of aliphatic hydroxyl groups excluding tert-OH is 1. The molecule has 0 saturated carbocycles. The maximum Gasteiger partial charge on any atom is 0.267 e. The zero-order valence-corrected chi connectivity index (χ0v) is 18.4. The molecule has 3 amide bonds. The highest BCUT2D eigenvalue weighted by Crippen LogP contribution is 2.33. The molecule has 0 unspecified atom stereocenters. The molecule has 4 atom stereocenters. The molecular weight excluding hydrogens is 420 g/mol. The predicted molar refractivity (Wildman–Crippen MR) is 116 cm³/mol. The number of hydrogen-bond acceptors (Lipinski definition) is 4. The fourth-order valence-corrected chi connectivity index (χ4v) is 3.54. The van der Waals surface area contributed by atoms with E-state index >= 15 is 0 Å². The largest absolute Gasteiger partial charge is 0.381 e. The minimum atomic E-state index is -3.26. The summed E-state index contributed by atoms with van der Waals surface area (Å²) in [6.45, 7) is 6.08. The van der Waals surface area contributed by atoms with Crippen molar-refractivity contribution in [3.8, 4) is 0 Å². The molecule has 32 heavy (non-hydrogen) atoms. The lowest BCUT2D eigenvalue weighted by atomic mass is 9.98. The molecule has 0 aromatic heterocycles. The van der Waals surface area contributed by atoms with Gasteiger partial charge in [-0.05, 0) is 18.4 Å². The van der Waals surface area contributed by atoms with Crippen LogP contribution in [-0.2, 0) is 20.8 Å². The third-order valence-corrected chi connectivity index (χ3v) is 5.60. The van der Waals surface area contributed by atoms with Crippen LogP contribution in [0.15, 0.2) is 43.0 Å². The lowest BCUT2D eigenvalue weighted by Crippen LogP contribution is -2.56. The average Bonchev–Trinajstić information content (AvgIpc) is 3.11. The molecule has 1 aromatic rings. The maximum atomic E-state index is 14.1. The summed E-state index contributed by atoms with van der Waals surface area (Å²) >= 11 is 0. The third kappa shape index (κ3) is 6.59. The van der Waals surface area contributed by atoms with Gasteiger partial charge in [-0.15, -0.1) is 6.58 Å². The topological polar surface area (TPSA) is 98.7 Å². The average molecular weight is 452 g/mol. The van der Waals surface area contributed by atoms with Gasteiger partial charge in [-0.25, -0.2) is 8.78 Å². The standard InChI is InChI=1S/C23H31F2N3O4/c1-4-11-26-21(31)18-13-23(24,25)14-28(18)22(32)19(29)17(27-20(30)15(3)5-2)12-16-9-7-6-8-10-16/h4,6-10,15,17-19,29H,1,5,11-14H2,2-3H3,(H,26,31)(H,27,30)/t15-,17-,18-,19-/m0/s1. The second-order valence-corrected chi connectivity index (χ2v) is 8.13. The SMILES string of the molecule is C=CCNC(=O)[C@@H]1CC(F)(F)CN1C(=O)[C@@H](O)[C@H](Cc1ccccc1)NC(=O)[C@@H](C)CC. The van der Waals surface area contributed by atoms with Crippen LogP contribution in [0.1, 0.15) is 32.3 Å². The van der Waals surface area contributed by atoms with Gasteiger partial charge in [0.1, 0.15) is 6.04 Å². The van der Waals surface area contributed by atoms with E-state index in [9.17, 15) is 28.3 Å². The number of carbonyl (C=O) groups is 3. The summed E-state index contributed by atoms with van der Waals surface area (Å²) in [7, 11) is 0. The Morgan fingerprint density at radius 2 is 1.97 bits per heavy atom. The van der Waals surface area contributed by atoms with Crippen LogP contribution in [0, 0.1) is 5.92 Å². The normalized spacial score (nSPS) is 20.2. The number of alkyl halides is 2. The number of amides is 3. The minimum Gasteiger partial charge on any atom is -0.381 e. The summed E-state index contributed by atoms with van der Waals surface area (Å²) < 4.78 is 28.2. The van der Waals surface area contributed by atoms with Crippen molar-refractivity contribution in [2.45, 2.75) is 57.2 Å². The Morgan fingerprint density at radius 1 is 1.31 bits per heavy atom. The van der Waals surface area contributed by atoms with Crippen LogP contribution in [0.25, 0.3) is 0 Å². The summed E-state index contributed by atoms with van der Waals surface area (Å²) in [5.74, 6) is -5.74. The Morgan fingerprint density at radius 3 is 2.56 bits per heavy atom. The fraction of sp³-hybridized carbons (Fsp3) is 0.522. The second-order valence-electron chi connectivity index (χ2n) is 8.13. The Balaban J connectivity index is 2.25. The van der Waals surface area contributed by atoms with E-state index < -0.39 is 48.9 Å². The van der Waals surface area contributed by atoms with E-state index in [1.165, 1.54) is 6.08 Å². The molecule has 3 N–H and O–H groups in total. The lowest BCUT2D eigenvalue weighted by molar-refractivity contribution is -0.147. The van der Waals surface area contributed by atoms with Gasteiger partial charge in [0.25, 0.3) is 11.8 Å². The van der Waals surface area contributed by atoms with Gasteiger partial charge < -0.3 is 20.6 Å². The number of rotatable bonds is 10. The van der Waals surface area contributed by atoms with Crippen molar-refractivity contribution in [2.24, 2.45) is 5.92 Å². The molecule has 1 saturated heterocycles. The van der Waals surface area contributed by atoms with Gasteiger partial charge in [-0.2, -0.15) is 0 Å². The number of hydrogen-bond donors (Lipinski definition) is 3. The molecule has 0 radical (unpaired) electrons. The van der Waals surface area contributed by atoms with Crippen molar-refractivity contribution in [2.75, 3.05) is 13.1 Å². The first kappa shape index (κ1) is 25.5. The van der Waals surface area contributed by atoms with Crippen LogP contribution >= 0.6 is 0 Å². The highest BCUT2D eigenvalue weighted by atomic mass is 19.3. The van der Waals surface area contributed by atoms with Gasteiger partial charge in [-0.3, -0.25) is 14.4 Å². The van der Waals surface area contributed by atoms with E-state index in [0.717, 1.165) is 5.56 Å². The van der Waals surface area contributed by atoms with Crippen LogP contribution in [0.3, 0.4) is 0 Å². The quantitative estimate of drug-likeness (QED) is 0.471. The number of aliphatic hydroxyl groups is 1. The molecule has 1 aliphatic heterocycles. The Kier molecular flexibility index (Phi) is 8.89. The summed E-state index contributed by atoms with van der Waals surface area (Å²) in [5, 5.41) is 16.0. The van der Waals surface area contributed by atoms with Crippen molar-refractivity contribution < 1.29 is 28.3 Å². The zero-order chi connectivity index (χ0) is 23.9. The van der Waals surface area contributed by atoms with Gasteiger partial charge in [-0.1, -0.05) is 50.3 Å². The van der Waals surface area contributed by atoms with Crippen LogP contribution in [0.4, 0.5) is 8.78 Å². The van der Waals surface area contributed by atoms with Gasteiger partial charge in [0.2, 0.25) is 11.8 Å². The van der Waals surface area contributed by atoms with E-state index in [0.29, 0.717) is 11.3 Å². The number of nitrogens with zero attached hydrogens (tertiary/aromatic N) is 1. The van der Waals surface area contributed by atoms with Crippen molar-refractivity contribution >= 4 is 17.7 Å². The predicted octanol–water partition coefficient (Wildman–Crippen LogP) is 1.66. The van der Waals surface area contributed by atoms with E-state index in [-0.39, 0.29) is 24.8 Å². The van der Waals surface area contributed by atoms with Gasteiger partial charge in [0.05, 0.1) is 12.6 Å². The summed E-state index contributed by atoms with van der Waals surface area (Å²) in [5.41, 5.74) is 0.751. The van der Waals surface area contributed by atoms with Crippen LogP contribution in [0.5, 0.6) is 0 Å². The Hall–Kier alpha value is -2.81. The van der Waals surface area contributed by atoms with Gasteiger partial charge in [0, 0.05) is 18.9 Å². The molecule has 1 heterocycles. The number of nitrogens with one attached hydrogen (secondary N) is 2. The van der Waals surface area contributed by atoms with Crippen molar-refractivity contribution in [1.29, 1.82) is 0 Å². The van der Waals surface area contributed by atoms with Crippen molar-refractivity contribution in [3.63, 3.8) is 0 Å². The minimum absolute atomic E-state index is 0.0626. The first-order chi connectivity index (χ1) is 15.1. The number of benzene rings is 1. The number of halogens is 2. The first-order valence-electron chi connectivity index (χ1n) is 10.7. The molecule has 0 aliphatic carbocycles. The monoisotopic (exact) mass is 451 g/mol. The molecule has 7 nitrogen and oxygen atoms in total. The molecule has 1 aromatic carbocycles. The summed E-state index contributed by atoms with van der Waals surface area (Å²) in [6.07, 6.45) is -0.568. The molecule has 0 bridgehead atoms. The molecule has 176 valence electrons. The number of likely N-dealkylation sites (tertiary alicyclic amines) is 1. The number of carbonyl (C=O) groups excluding carboxylic acids is 3. The van der Waals surface area contributed by atoms with Crippen molar-refractivity contribution in [1.82, 2.24) is 15.5 Å². The van der Waals surface area contributed by atoms with Gasteiger partial charge >= 0.3 is 0 Å². The van der Waals surface area contributed by atoms with E-state index in [4.69, 9.17) is 0 Å². The molecule has 0 spiro atoms. The zero-order valence-electron chi connectivity index (χ0n) is 18.4. The highest BCUT2D eigenvalue weighted by Gasteiger charge is 2.51. The molecule has 9 heteroatoms. The first-order valence-corrected chi connectivity index (χ1v) is 10.7. The van der Waals surface area contributed by atoms with Crippen LogP contribution in [0.2, 0.25) is 0 Å². The Bertz CT molecular complexity index is 819. The summed E-state index contributed by atoms with van der Waals surface area (Å²) in [4.78, 5) is 38.6. The smallest absolute Gasteiger partial charge is 0.267 e. The fourth-order valence-electron chi connectivity index (χ4n) is 3.54. The van der Waals surface area contributed by atoms with Gasteiger partial charge in [0.15, 0.2) is 6.10 Å². The molecule has 1 aliphatic rings. The maximum absolute atomic E-state index is 14.1.